The number of ether oxygens (including phenoxy) is 3. The lowest BCUT2D eigenvalue weighted by Crippen LogP contribution is -2.69. The van der Waals surface area contributed by atoms with Crippen LogP contribution in [0.15, 0.2) is 0 Å². The molecule has 3 rings (SSSR count). The lowest BCUT2D eigenvalue weighted by atomic mass is 9.97. The van der Waals surface area contributed by atoms with E-state index in [4.69, 9.17) is 45.8 Å². The summed E-state index contributed by atoms with van der Waals surface area (Å²) < 4.78 is 14.6. The number of fused-ring (bicyclic) bond motifs is 2. The van der Waals surface area contributed by atoms with E-state index in [0.717, 1.165) is 0 Å². The fourth-order valence-corrected chi connectivity index (χ4v) is 2.67. The highest BCUT2D eigenvalue weighted by atomic mass is 16.8. The van der Waals surface area contributed by atoms with Crippen molar-refractivity contribution in [3.63, 3.8) is 0 Å². The highest BCUT2D eigenvalue weighted by molar-refractivity contribution is 4.96. The first kappa shape index (κ1) is 22.5. The molecule has 0 saturated carbocycles. The first-order valence-corrected chi connectivity index (χ1v) is 7.26. The summed E-state index contributed by atoms with van der Waals surface area (Å²) in [6.45, 7) is -0.810. The van der Waals surface area contributed by atoms with Gasteiger partial charge in [0.05, 0.1) is 13.2 Å². The van der Waals surface area contributed by atoms with Crippen LogP contribution < -0.4 is 11.9 Å². The van der Waals surface area contributed by atoms with Gasteiger partial charge in [-0.1, -0.05) is 0 Å². The Morgan fingerprint density at radius 3 is 1.80 bits per heavy atom. The van der Waals surface area contributed by atoms with E-state index in [1.165, 1.54) is 0 Å². The third-order valence-corrected chi connectivity index (χ3v) is 4.11. The molecule has 13 nitrogen and oxygen atoms in total. The van der Waals surface area contributed by atoms with Gasteiger partial charge >= 0.3 is 0 Å². The fourth-order valence-electron chi connectivity index (χ4n) is 2.67. The van der Waals surface area contributed by atoms with E-state index in [0.29, 0.717) is 0 Å². The Kier molecular flexibility index (Phi) is 7.61. The number of aliphatic hydroxyl groups excluding tert-OH is 7. The summed E-state index contributed by atoms with van der Waals surface area (Å²) in [5.74, 6) is -2.45. The lowest BCUT2D eigenvalue weighted by Gasteiger charge is -2.42. The molecule has 0 amide bonds. The number of rotatable bonds is 2. The van der Waals surface area contributed by atoms with Gasteiger partial charge in [-0.2, -0.15) is 0 Å². The van der Waals surface area contributed by atoms with Gasteiger partial charge in [-0.25, -0.2) is 0 Å². The van der Waals surface area contributed by atoms with E-state index in [1.807, 2.05) is 0 Å². The number of nitrogens with two attached hydrogens (primary N) is 1. The van der Waals surface area contributed by atoms with E-state index in [2.05, 4.69) is 4.74 Å². The number of aliphatic hydroxyl groups is 8. The van der Waals surface area contributed by atoms with Crippen molar-refractivity contribution in [2.45, 2.75) is 61.0 Å². The molecule has 150 valence electrons. The van der Waals surface area contributed by atoms with Crippen molar-refractivity contribution in [2.24, 2.45) is 5.73 Å². The van der Waals surface area contributed by atoms with Crippen molar-refractivity contribution in [1.29, 1.82) is 0 Å². The largest absolute Gasteiger partial charge is 0.394 e. The number of hydrogen-bond acceptors (Lipinski definition) is 13. The topological polar surface area (TPSA) is 251 Å². The Labute approximate surface area is 142 Å². The zero-order valence-corrected chi connectivity index (χ0v) is 13.2. The maximum absolute atomic E-state index is 9.22. The van der Waals surface area contributed by atoms with Gasteiger partial charge in [0.1, 0.15) is 42.7 Å². The monoisotopic (exact) mass is 374 g/mol. The van der Waals surface area contributed by atoms with Crippen molar-refractivity contribution < 1.29 is 55.1 Å². The molecule has 0 spiro atoms. The molecule has 0 aliphatic carbocycles. The molecule has 25 heavy (non-hydrogen) atoms. The van der Waals surface area contributed by atoms with Gasteiger partial charge in [0, 0.05) is 0 Å². The van der Waals surface area contributed by atoms with Crippen molar-refractivity contribution in [3.05, 3.63) is 0 Å². The van der Waals surface area contributed by atoms with Crippen LogP contribution in [0.4, 0.5) is 0 Å². The van der Waals surface area contributed by atoms with Gasteiger partial charge in [-0.05, 0) is 0 Å². The summed E-state index contributed by atoms with van der Waals surface area (Å²) in [5.41, 5.74) is 5.04. The Morgan fingerprint density at radius 2 is 1.36 bits per heavy atom. The van der Waals surface area contributed by atoms with Gasteiger partial charge < -0.3 is 61.2 Å². The summed E-state index contributed by atoms with van der Waals surface area (Å²) in [5, 5.41) is 72.3. The van der Waals surface area contributed by atoms with Crippen molar-refractivity contribution in [1.82, 2.24) is 6.15 Å². The first-order chi connectivity index (χ1) is 11.1. The first-order valence-electron chi connectivity index (χ1n) is 7.26. The summed E-state index contributed by atoms with van der Waals surface area (Å²) in [6.07, 6.45) is -9.87. The minimum atomic E-state index is -2.45. The average Bonchev–Trinajstić information content (AvgIpc) is 3.10. The molecule has 0 aromatic heterocycles. The molecule has 0 aromatic carbocycles. The molecular formula is C12H26N2O11. The lowest BCUT2D eigenvalue weighted by molar-refractivity contribution is -0.346. The molecule has 3 saturated heterocycles. The molecule has 3 aliphatic rings. The van der Waals surface area contributed by atoms with E-state index in [9.17, 15) is 10.2 Å². The van der Waals surface area contributed by atoms with Crippen LogP contribution >= 0.6 is 0 Å². The Hall–Kier alpha value is -0.520. The Morgan fingerprint density at radius 1 is 0.800 bits per heavy atom. The second kappa shape index (κ2) is 8.45. The normalized spacial score (nSPS) is 51.5. The molecule has 13 heteroatoms. The molecular weight excluding hydrogens is 348 g/mol. The highest BCUT2D eigenvalue weighted by Gasteiger charge is 2.54. The van der Waals surface area contributed by atoms with Crippen LogP contribution in [0.3, 0.4) is 0 Å². The predicted octanol–water partition coefficient (Wildman–Crippen LogP) is -5.95. The van der Waals surface area contributed by atoms with E-state index in [1.54, 1.807) is 0 Å². The van der Waals surface area contributed by atoms with Crippen LogP contribution in [0.5, 0.6) is 0 Å². The molecule has 10 atom stereocenters. The summed E-state index contributed by atoms with van der Waals surface area (Å²) in [6, 6.07) is 0. The van der Waals surface area contributed by atoms with Crippen LogP contribution in [0.25, 0.3) is 0 Å². The minimum absolute atomic E-state index is 0. The van der Waals surface area contributed by atoms with Gasteiger partial charge in [-0.15, -0.1) is 0 Å². The minimum Gasteiger partial charge on any atom is -0.394 e. The van der Waals surface area contributed by atoms with Gasteiger partial charge in [0.2, 0.25) is 0 Å². The van der Waals surface area contributed by atoms with Crippen LogP contribution in [0, 0.1) is 0 Å². The maximum Gasteiger partial charge on any atom is 0.252 e. The van der Waals surface area contributed by atoms with Crippen LogP contribution in [-0.2, 0) is 14.2 Å². The van der Waals surface area contributed by atoms with Crippen molar-refractivity contribution >= 4 is 0 Å². The van der Waals surface area contributed by atoms with Gasteiger partial charge in [0.25, 0.3) is 5.91 Å². The standard InChI is InChI=1S/C6H13NO6.C6H10O5.H3N/c7-6(12)5(11)4(10)3(9)2(1-8)13-6;7-1-2-5-3(8)4(9)6(10-2)11-5;/h2-5,8-12H,1,7H2;2-9H,1H2;1H3/t2-,3-,4+,5-,6?;2-,3+,4-,5-,6+;/m11./s1. The van der Waals surface area contributed by atoms with Gasteiger partial charge in [0.15, 0.2) is 12.4 Å². The zero-order chi connectivity index (χ0) is 18.2. The van der Waals surface area contributed by atoms with Crippen LogP contribution in [0.2, 0.25) is 0 Å². The smallest absolute Gasteiger partial charge is 0.252 e. The third kappa shape index (κ3) is 4.25. The Balaban J connectivity index is 0.000000243. The molecule has 3 aliphatic heterocycles. The molecule has 2 bridgehead atoms. The molecule has 13 N–H and O–H groups in total. The summed E-state index contributed by atoms with van der Waals surface area (Å²) in [7, 11) is 0. The van der Waals surface area contributed by atoms with E-state index >= 15 is 0 Å². The number of hydrogen-bond donors (Lipinski definition) is 10. The highest BCUT2D eigenvalue weighted by Crippen LogP contribution is 2.33. The van der Waals surface area contributed by atoms with Crippen molar-refractivity contribution in [3.8, 4) is 0 Å². The molecule has 0 radical (unpaired) electrons. The predicted molar refractivity (Wildman–Crippen MR) is 76.8 cm³/mol. The second-order valence-electron chi connectivity index (χ2n) is 5.82. The summed E-state index contributed by atoms with van der Waals surface area (Å²) >= 11 is 0. The van der Waals surface area contributed by atoms with E-state index in [-0.39, 0.29) is 12.8 Å². The van der Waals surface area contributed by atoms with Crippen molar-refractivity contribution in [2.75, 3.05) is 13.2 Å². The quantitative estimate of drug-likeness (QED) is 0.202. The molecule has 1 unspecified atom stereocenters. The molecule has 0 aromatic rings. The second-order valence-corrected chi connectivity index (χ2v) is 5.82. The van der Waals surface area contributed by atoms with Crippen LogP contribution in [-0.4, -0.2) is 115 Å². The SMILES string of the molecule is N.NC1(O)O[C@H](CO)[C@@H](O)[C@H](O)[C@H]1O.OC[C@H]1O[C@H]2O[C@H]1[C@@H](O)[C@H]2O. The summed E-state index contributed by atoms with van der Waals surface area (Å²) in [4.78, 5) is 0. The Bertz CT molecular complexity index is 420. The average molecular weight is 374 g/mol. The molecule has 3 heterocycles. The van der Waals surface area contributed by atoms with E-state index < -0.39 is 67.6 Å². The maximum atomic E-state index is 9.22. The fraction of sp³-hybridized carbons (Fsp3) is 1.00. The van der Waals surface area contributed by atoms with Gasteiger partial charge in [-0.3, -0.25) is 5.73 Å². The third-order valence-electron chi connectivity index (χ3n) is 4.11. The van der Waals surface area contributed by atoms with Crippen LogP contribution in [0.1, 0.15) is 0 Å². The molecule has 3 fully saturated rings. The zero-order valence-electron chi connectivity index (χ0n) is 13.2.